The van der Waals surface area contributed by atoms with Crippen molar-refractivity contribution >= 4 is 36.1 Å². The topological polar surface area (TPSA) is 234 Å². The lowest BCUT2D eigenvalue weighted by atomic mass is 10.1. The van der Waals surface area contributed by atoms with Crippen molar-refractivity contribution in [2.45, 2.75) is 71.6 Å². The van der Waals surface area contributed by atoms with Gasteiger partial charge in [-0.2, -0.15) is 5.26 Å². The van der Waals surface area contributed by atoms with Crippen molar-refractivity contribution < 1.29 is 48.8 Å². The standard InChI is InChI=1S/C30H38N6O10/c1-29(2,3)44-27(42)34-26(35-28(43)45-30(4,5)6)32-15-7-8-21(25(41)46-36-22(38)13-14-23(36)39)33-24(40)19(17-31)16-18-9-11-20(37)12-10-18/h9-14,16,21,37-39H,7-8,15H2,1-6H3,(H,33,40)(H2,32,34,35,42,43)/t21-/m0/s1. The molecule has 0 saturated heterocycles. The lowest BCUT2D eigenvalue weighted by Crippen LogP contribution is -2.47. The number of nitrogens with one attached hydrogen (secondary N) is 3. The zero-order chi connectivity index (χ0) is 34.7. The van der Waals surface area contributed by atoms with Crippen molar-refractivity contribution in [1.29, 1.82) is 5.26 Å². The summed E-state index contributed by atoms with van der Waals surface area (Å²) in [6, 6.07) is 8.10. The van der Waals surface area contributed by atoms with Crippen molar-refractivity contribution in [2.75, 3.05) is 6.54 Å². The molecule has 6 N–H and O–H groups in total. The largest absolute Gasteiger partial charge is 0.508 e. The third kappa shape index (κ3) is 12.9. The molecule has 0 fully saturated rings. The quantitative estimate of drug-likeness (QED) is 0.0765. The van der Waals surface area contributed by atoms with Crippen LogP contribution in [0.3, 0.4) is 0 Å². The van der Waals surface area contributed by atoms with Gasteiger partial charge in [-0.3, -0.25) is 20.4 Å². The van der Waals surface area contributed by atoms with Gasteiger partial charge in [0.05, 0.1) is 0 Å². The van der Waals surface area contributed by atoms with Gasteiger partial charge in [-0.05, 0) is 78.2 Å². The molecule has 1 heterocycles. The molecule has 1 aromatic heterocycles. The highest BCUT2D eigenvalue weighted by Crippen LogP contribution is 2.19. The van der Waals surface area contributed by atoms with Gasteiger partial charge in [0.25, 0.3) is 5.91 Å². The number of nitriles is 1. The first-order valence-corrected chi connectivity index (χ1v) is 13.9. The van der Waals surface area contributed by atoms with Crippen LogP contribution in [0.15, 0.2) is 47.0 Å². The summed E-state index contributed by atoms with van der Waals surface area (Å²) in [5, 5.41) is 45.9. The molecule has 16 heteroatoms. The fourth-order valence-electron chi connectivity index (χ4n) is 3.42. The Balaban J connectivity index is 2.25. The Morgan fingerprint density at radius 1 is 0.913 bits per heavy atom. The molecule has 2 aromatic rings. The maximum absolute atomic E-state index is 13.0. The van der Waals surface area contributed by atoms with Gasteiger partial charge in [0.15, 0.2) is 0 Å². The minimum atomic E-state index is -1.43. The molecule has 0 aliphatic carbocycles. The highest BCUT2D eigenvalue weighted by molar-refractivity contribution is 6.03. The number of hydrogen-bond acceptors (Lipinski definition) is 12. The van der Waals surface area contributed by atoms with Crippen LogP contribution in [0.25, 0.3) is 6.08 Å². The molecule has 0 spiro atoms. The highest BCUT2D eigenvalue weighted by Gasteiger charge is 2.27. The Morgan fingerprint density at radius 2 is 1.43 bits per heavy atom. The fourth-order valence-corrected chi connectivity index (χ4v) is 3.42. The number of aliphatic imine (C=N–C) groups is 1. The van der Waals surface area contributed by atoms with Crippen LogP contribution in [0.1, 0.15) is 59.9 Å². The molecule has 0 radical (unpaired) electrons. The Bertz CT molecular complexity index is 1460. The predicted molar refractivity (Wildman–Crippen MR) is 163 cm³/mol. The minimum absolute atomic E-state index is 0.0205. The summed E-state index contributed by atoms with van der Waals surface area (Å²) in [6.45, 7) is 9.74. The van der Waals surface area contributed by atoms with E-state index in [1.165, 1.54) is 30.3 Å². The van der Waals surface area contributed by atoms with E-state index >= 15 is 0 Å². The molecule has 0 aliphatic heterocycles. The summed E-state index contributed by atoms with van der Waals surface area (Å²) in [5.41, 5.74) is -1.66. The number of aromatic hydroxyl groups is 3. The van der Waals surface area contributed by atoms with Gasteiger partial charge in [0.2, 0.25) is 17.7 Å². The van der Waals surface area contributed by atoms with Crippen molar-refractivity contribution in [3.63, 3.8) is 0 Å². The first-order chi connectivity index (χ1) is 21.4. The SMILES string of the molecule is CC(C)(C)OC(=O)NC(=NCCC[C@H](NC(=O)C(C#N)=Cc1ccc(O)cc1)C(=O)On1c(O)ccc1O)NC(=O)OC(C)(C)C. The zero-order valence-electron chi connectivity index (χ0n) is 26.3. The number of rotatable bonds is 9. The maximum Gasteiger partial charge on any atom is 0.414 e. The monoisotopic (exact) mass is 642 g/mol. The van der Waals surface area contributed by atoms with Gasteiger partial charge in [0.1, 0.15) is 34.6 Å². The normalized spacial score (nSPS) is 12.2. The van der Waals surface area contributed by atoms with Crippen LogP contribution in [0, 0.1) is 11.3 Å². The molecule has 0 bridgehead atoms. The lowest BCUT2D eigenvalue weighted by molar-refractivity contribution is -0.149. The number of ether oxygens (including phenoxy) is 2. The summed E-state index contributed by atoms with van der Waals surface area (Å²) in [6.07, 6.45) is -0.690. The molecule has 248 valence electrons. The number of carbonyl (C=O) groups is 4. The lowest BCUT2D eigenvalue weighted by Gasteiger charge is -2.22. The first kappa shape index (κ1) is 36.5. The van der Waals surface area contributed by atoms with Crippen LogP contribution in [0.2, 0.25) is 0 Å². The number of nitrogens with zero attached hydrogens (tertiary/aromatic N) is 3. The molecular weight excluding hydrogens is 604 g/mol. The van der Waals surface area contributed by atoms with Crippen molar-refractivity contribution in [2.24, 2.45) is 4.99 Å². The summed E-state index contributed by atoms with van der Waals surface area (Å²) in [7, 11) is 0. The number of benzene rings is 1. The van der Waals surface area contributed by atoms with Crippen LogP contribution in [0.4, 0.5) is 9.59 Å². The third-order valence-corrected chi connectivity index (χ3v) is 5.30. The predicted octanol–water partition coefficient (Wildman–Crippen LogP) is 2.84. The van der Waals surface area contributed by atoms with E-state index in [1.807, 2.05) is 0 Å². The van der Waals surface area contributed by atoms with E-state index in [1.54, 1.807) is 47.6 Å². The average molecular weight is 643 g/mol. The molecule has 0 unspecified atom stereocenters. The number of alkyl carbamates (subject to hydrolysis) is 2. The molecule has 0 saturated carbocycles. The molecule has 2 rings (SSSR count). The third-order valence-electron chi connectivity index (χ3n) is 5.30. The molecule has 0 aliphatic rings. The van der Waals surface area contributed by atoms with E-state index in [2.05, 4.69) is 20.9 Å². The number of aromatic nitrogens is 1. The van der Waals surface area contributed by atoms with Crippen molar-refractivity contribution in [3.8, 4) is 23.6 Å². The Labute approximate surface area is 265 Å². The first-order valence-electron chi connectivity index (χ1n) is 13.9. The van der Waals surface area contributed by atoms with Gasteiger partial charge >= 0.3 is 18.2 Å². The molecule has 46 heavy (non-hydrogen) atoms. The molecule has 3 amide bonds. The van der Waals surface area contributed by atoms with E-state index in [0.717, 1.165) is 12.1 Å². The van der Waals surface area contributed by atoms with E-state index < -0.39 is 53.1 Å². The number of guanidine groups is 1. The number of carbonyl (C=O) groups excluding carboxylic acids is 4. The van der Waals surface area contributed by atoms with Crippen LogP contribution in [0.5, 0.6) is 17.5 Å². The number of phenolic OH excluding ortho intramolecular Hbond substituents is 1. The van der Waals surface area contributed by atoms with Crippen LogP contribution in [-0.4, -0.2) is 73.9 Å². The van der Waals surface area contributed by atoms with Gasteiger partial charge < -0.3 is 34.9 Å². The average Bonchev–Trinajstić information content (AvgIpc) is 3.24. The van der Waals surface area contributed by atoms with Crippen LogP contribution >= 0.6 is 0 Å². The van der Waals surface area contributed by atoms with Gasteiger partial charge in [0, 0.05) is 18.7 Å². The van der Waals surface area contributed by atoms with E-state index in [9.17, 15) is 39.8 Å². The van der Waals surface area contributed by atoms with E-state index in [0.29, 0.717) is 10.3 Å². The zero-order valence-corrected chi connectivity index (χ0v) is 26.3. The summed E-state index contributed by atoms with van der Waals surface area (Å²) in [4.78, 5) is 59.9. The van der Waals surface area contributed by atoms with Crippen LogP contribution in [-0.2, 0) is 19.1 Å². The summed E-state index contributed by atoms with van der Waals surface area (Å²) < 4.78 is 10.8. The van der Waals surface area contributed by atoms with Gasteiger partial charge in [-0.1, -0.05) is 12.1 Å². The fraction of sp³-hybridized carbons (Fsp3) is 0.400. The molecule has 16 nitrogen and oxygen atoms in total. The minimum Gasteiger partial charge on any atom is -0.508 e. The van der Waals surface area contributed by atoms with Crippen molar-refractivity contribution in [1.82, 2.24) is 20.7 Å². The second-order valence-electron chi connectivity index (χ2n) is 11.7. The van der Waals surface area contributed by atoms with Gasteiger partial charge in [-0.15, -0.1) is 4.73 Å². The second kappa shape index (κ2) is 15.8. The Kier molecular flexibility index (Phi) is 12.6. The Morgan fingerprint density at radius 3 is 1.91 bits per heavy atom. The maximum atomic E-state index is 13.0. The number of hydrogen-bond donors (Lipinski definition) is 6. The summed E-state index contributed by atoms with van der Waals surface area (Å²) >= 11 is 0. The Hall–Kier alpha value is -5.72. The molecular formula is C30H38N6O10. The van der Waals surface area contributed by atoms with Crippen molar-refractivity contribution in [3.05, 3.63) is 47.5 Å². The number of amides is 3. The molecule has 1 atom stereocenters. The van der Waals surface area contributed by atoms with E-state index in [4.69, 9.17) is 14.3 Å². The van der Waals surface area contributed by atoms with Crippen LogP contribution < -0.4 is 20.8 Å². The van der Waals surface area contributed by atoms with E-state index in [-0.39, 0.29) is 36.7 Å². The molecule has 1 aromatic carbocycles. The highest BCUT2D eigenvalue weighted by atomic mass is 16.7. The van der Waals surface area contributed by atoms with Gasteiger partial charge in [-0.25, -0.2) is 14.4 Å². The summed E-state index contributed by atoms with van der Waals surface area (Å²) in [5.74, 6) is -3.58. The smallest absolute Gasteiger partial charge is 0.414 e. The number of phenols is 1. The second-order valence-corrected chi connectivity index (χ2v) is 11.7.